The van der Waals surface area contributed by atoms with Crippen LogP contribution in [-0.4, -0.2) is 44.6 Å². The average Bonchev–Trinajstić information content (AvgIpc) is 3.70. The first-order chi connectivity index (χ1) is 20.2. The van der Waals surface area contributed by atoms with Crippen LogP contribution in [0.15, 0.2) is 48.7 Å². The number of aromatic nitrogens is 3. The second kappa shape index (κ2) is 10.8. The third-order valence-corrected chi connectivity index (χ3v) is 8.02. The molecule has 42 heavy (non-hydrogen) atoms. The van der Waals surface area contributed by atoms with Crippen molar-refractivity contribution in [2.45, 2.75) is 52.1 Å². The predicted octanol–water partition coefficient (Wildman–Crippen LogP) is 3.85. The van der Waals surface area contributed by atoms with Gasteiger partial charge in [0.2, 0.25) is 5.91 Å². The zero-order chi connectivity index (χ0) is 29.5. The summed E-state index contributed by atoms with van der Waals surface area (Å²) in [5.41, 5.74) is 4.68. The molecule has 0 radical (unpaired) electrons. The van der Waals surface area contributed by atoms with E-state index in [2.05, 4.69) is 20.7 Å². The average molecular weight is 569 g/mol. The third kappa shape index (κ3) is 4.91. The van der Waals surface area contributed by atoms with E-state index in [1.54, 1.807) is 11.0 Å². The molecule has 11 heteroatoms. The second-order valence-corrected chi connectivity index (χ2v) is 10.7. The van der Waals surface area contributed by atoms with E-state index in [1.165, 1.54) is 13.0 Å². The lowest BCUT2D eigenvalue weighted by atomic mass is 9.96. The van der Waals surface area contributed by atoms with Gasteiger partial charge in [-0.1, -0.05) is 24.3 Å². The molecule has 4 aromatic rings. The van der Waals surface area contributed by atoms with E-state index in [0.717, 1.165) is 45.1 Å². The molecule has 0 saturated carbocycles. The van der Waals surface area contributed by atoms with Crippen LogP contribution in [0.3, 0.4) is 0 Å². The minimum atomic E-state index is -0.764. The van der Waals surface area contributed by atoms with Gasteiger partial charge in [-0.05, 0) is 67.5 Å². The Balaban J connectivity index is 1.22. The van der Waals surface area contributed by atoms with E-state index in [4.69, 9.17) is 0 Å². The Morgan fingerprint density at radius 3 is 2.69 bits per heavy atom. The minimum Gasteiger partial charge on any atom is -0.347 e. The van der Waals surface area contributed by atoms with Gasteiger partial charge in [0.25, 0.3) is 11.8 Å². The van der Waals surface area contributed by atoms with Gasteiger partial charge in [0.15, 0.2) is 17.2 Å². The Kier molecular flexibility index (Phi) is 7.01. The van der Waals surface area contributed by atoms with Gasteiger partial charge in [0, 0.05) is 36.8 Å². The van der Waals surface area contributed by atoms with Crippen LogP contribution >= 0.6 is 0 Å². The fourth-order valence-corrected chi connectivity index (χ4v) is 5.89. The van der Waals surface area contributed by atoms with Crippen LogP contribution in [0.2, 0.25) is 0 Å². The number of benzene rings is 2. The fourth-order valence-electron chi connectivity index (χ4n) is 5.89. The quantitative estimate of drug-likeness (QED) is 0.326. The van der Waals surface area contributed by atoms with Crippen LogP contribution in [0.1, 0.15) is 85.8 Å². The molecule has 6 rings (SSSR count). The first kappa shape index (κ1) is 27.3. The number of amides is 3. The molecule has 1 saturated heterocycles. The first-order valence-electron chi connectivity index (χ1n) is 13.9. The number of anilines is 1. The number of hydrogen-bond acceptors (Lipinski definition) is 6. The van der Waals surface area contributed by atoms with Crippen LogP contribution in [0.5, 0.6) is 0 Å². The molecule has 3 amide bonds. The SMILES string of the molecule is CC(=O)c1ccc2c(c1C)CC[C@@H]2NC(=O)c1cc(C(=O)NCc2cccc(N3CCCC3=O)c2)nc2c(F)cnn12. The predicted molar refractivity (Wildman–Crippen MR) is 152 cm³/mol. The number of carbonyl (C=O) groups excluding carboxylic acids is 4. The van der Waals surface area contributed by atoms with Crippen molar-refractivity contribution in [3.63, 3.8) is 0 Å². The number of nitrogens with one attached hydrogen (secondary N) is 2. The highest BCUT2D eigenvalue weighted by molar-refractivity contribution is 5.99. The molecule has 2 aromatic carbocycles. The molecule has 10 nitrogen and oxygen atoms in total. The molecule has 214 valence electrons. The summed E-state index contributed by atoms with van der Waals surface area (Å²) in [4.78, 5) is 56.6. The normalized spacial score (nSPS) is 16.1. The third-order valence-electron chi connectivity index (χ3n) is 8.02. The van der Waals surface area contributed by atoms with Gasteiger partial charge in [0.1, 0.15) is 11.4 Å². The molecular weight excluding hydrogens is 539 g/mol. The Morgan fingerprint density at radius 2 is 1.93 bits per heavy atom. The lowest BCUT2D eigenvalue weighted by molar-refractivity contribution is -0.117. The number of hydrogen-bond donors (Lipinski definition) is 2. The Hall–Kier alpha value is -4.93. The summed E-state index contributed by atoms with van der Waals surface area (Å²) in [6.45, 7) is 4.24. The summed E-state index contributed by atoms with van der Waals surface area (Å²) in [7, 11) is 0. The van der Waals surface area contributed by atoms with E-state index in [0.29, 0.717) is 31.4 Å². The van der Waals surface area contributed by atoms with Crippen molar-refractivity contribution in [1.82, 2.24) is 25.2 Å². The number of halogens is 1. The van der Waals surface area contributed by atoms with Crippen molar-refractivity contribution >= 4 is 34.8 Å². The van der Waals surface area contributed by atoms with Crippen molar-refractivity contribution in [1.29, 1.82) is 0 Å². The van der Waals surface area contributed by atoms with Gasteiger partial charge < -0.3 is 15.5 Å². The van der Waals surface area contributed by atoms with Gasteiger partial charge >= 0.3 is 0 Å². The van der Waals surface area contributed by atoms with Crippen molar-refractivity contribution < 1.29 is 23.6 Å². The molecule has 1 fully saturated rings. The topological polar surface area (TPSA) is 126 Å². The highest BCUT2D eigenvalue weighted by Crippen LogP contribution is 2.35. The Morgan fingerprint density at radius 1 is 1.10 bits per heavy atom. The van der Waals surface area contributed by atoms with Crippen LogP contribution in [0.25, 0.3) is 5.65 Å². The largest absolute Gasteiger partial charge is 0.347 e. The molecule has 0 unspecified atom stereocenters. The van der Waals surface area contributed by atoms with Gasteiger partial charge in [-0.15, -0.1) is 0 Å². The van der Waals surface area contributed by atoms with Crippen molar-refractivity contribution in [3.05, 3.63) is 93.7 Å². The van der Waals surface area contributed by atoms with Crippen LogP contribution in [-0.2, 0) is 17.8 Å². The van der Waals surface area contributed by atoms with E-state index in [-0.39, 0.29) is 41.3 Å². The number of Topliss-reactive ketones (excluding diaryl/α,β-unsaturated/α-hetero) is 1. The maximum absolute atomic E-state index is 14.6. The number of rotatable bonds is 7. The Bertz CT molecular complexity index is 1780. The number of carbonyl (C=O) groups is 4. The van der Waals surface area contributed by atoms with Crippen LogP contribution in [0, 0.1) is 12.7 Å². The van der Waals surface area contributed by atoms with Crippen LogP contribution in [0.4, 0.5) is 10.1 Å². The fraction of sp³-hybridized carbons (Fsp3) is 0.290. The number of fused-ring (bicyclic) bond motifs is 2. The van der Waals surface area contributed by atoms with Crippen LogP contribution < -0.4 is 15.5 Å². The molecule has 0 spiro atoms. The minimum absolute atomic E-state index is 0.0112. The van der Waals surface area contributed by atoms with Crippen molar-refractivity contribution in [2.24, 2.45) is 0 Å². The zero-order valence-corrected chi connectivity index (χ0v) is 23.2. The van der Waals surface area contributed by atoms with E-state index in [1.807, 2.05) is 37.3 Å². The number of ketones is 1. The smallest absolute Gasteiger partial charge is 0.270 e. The zero-order valence-electron chi connectivity index (χ0n) is 23.2. The highest BCUT2D eigenvalue weighted by Gasteiger charge is 2.29. The summed E-state index contributed by atoms with van der Waals surface area (Å²) < 4.78 is 15.7. The Labute approximate surface area is 240 Å². The van der Waals surface area contributed by atoms with Crippen molar-refractivity contribution in [3.8, 4) is 0 Å². The van der Waals surface area contributed by atoms with E-state index >= 15 is 0 Å². The molecule has 1 aliphatic carbocycles. The second-order valence-electron chi connectivity index (χ2n) is 10.7. The molecule has 2 aliphatic rings. The summed E-state index contributed by atoms with van der Waals surface area (Å²) in [5.74, 6) is -1.83. The molecule has 3 heterocycles. The lowest BCUT2D eigenvalue weighted by Crippen LogP contribution is -2.31. The standard InChI is InChI=1S/C31H29FN6O4/c1-17-21(18(2)39)8-9-23-22(17)10-11-25(23)36-31(42)27-14-26(35-29-24(32)16-34-38(27)29)30(41)33-15-19-5-3-6-20(13-19)37-12-4-7-28(37)40/h3,5-6,8-9,13-14,16,25H,4,7,10-12,15H2,1-2H3,(H,33,41)(H,36,42)/t25-/m0/s1. The highest BCUT2D eigenvalue weighted by atomic mass is 19.1. The molecular formula is C31H29FN6O4. The molecule has 2 N–H and O–H groups in total. The first-order valence-corrected chi connectivity index (χ1v) is 13.9. The summed E-state index contributed by atoms with van der Waals surface area (Å²) in [6.07, 6.45) is 3.62. The lowest BCUT2D eigenvalue weighted by Gasteiger charge is -2.17. The van der Waals surface area contributed by atoms with E-state index in [9.17, 15) is 23.6 Å². The molecule has 1 aliphatic heterocycles. The summed E-state index contributed by atoms with van der Waals surface area (Å²) in [6, 6.07) is 12.0. The maximum Gasteiger partial charge on any atom is 0.270 e. The summed E-state index contributed by atoms with van der Waals surface area (Å²) in [5, 5.41) is 9.74. The molecule has 1 atom stereocenters. The molecule has 0 bridgehead atoms. The van der Waals surface area contributed by atoms with Gasteiger partial charge in [-0.25, -0.2) is 13.9 Å². The monoisotopic (exact) mass is 568 g/mol. The van der Waals surface area contributed by atoms with Gasteiger partial charge in [0.05, 0.1) is 12.2 Å². The summed E-state index contributed by atoms with van der Waals surface area (Å²) >= 11 is 0. The van der Waals surface area contributed by atoms with Crippen molar-refractivity contribution in [2.75, 3.05) is 11.4 Å². The van der Waals surface area contributed by atoms with Gasteiger partial charge in [-0.2, -0.15) is 5.10 Å². The number of nitrogens with zero attached hydrogens (tertiary/aromatic N) is 4. The molecule has 2 aromatic heterocycles. The van der Waals surface area contributed by atoms with Gasteiger partial charge in [-0.3, -0.25) is 19.2 Å². The maximum atomic E-state index is 14.6. The van der Waals surface area contributed by atoms with E-state index < -0.39 is 17.6 Å².